The fraction of sp³-hybridized carbons (Fsp3) is 0.500. The minimum absolute atomic E-state index is 0.210. The van der Waals surface area contributed by atoms with Gasteiger partial charge in [-0.2, -0.15) is 0 Å². The zero-order chi connectivity index (χ0) is 10.7. The van der Waals surface area contributed by atoms with E-state index in [0.717, 1.165) is 12.0 Å². The Labute approximate surface area is 89.2 Å². The molecule has 2 N–H and O–H groups in total. The third-order valence-electron chi connectivity index (χ3n) is 2.75. The molecule has 1 aliphatic heterocycles. The minimum atomic E-state index is -1.20. The molecule has 0 aromatic heterocycles. The van der Waals surface area contributed by atoms with Crippen LogP contribution in [-0.4, -0.2) is 18.9 Å². The molecule has 0 aliphatic carbocycles. The van der Waals surface area contributed by atoms with E-state index in [0.29, 0.717) is 25.1 Å². The zero-order valence-electron chi connectivity index (χ0n) is 8.71. The number of hydrogen-bond donors (Lipinski definition) is 1. The Morgan fingerprint density at radius 2 is 2.33 bits per heavy atom. The van der Waals surface area contributed by atoms with E-state index in [1.807, 2.05) is 24.3 Å². The van der Waals surface area contributed by atoms with Gasteiger partial charge in [-0.1, -0.05) is 12.1 Å². The van der Waals surface area contributed by atoms with Crippen LogP contribution in [0.4, 0.5) is 10.1 Å². The van der Waals surface area contributed by atoms with Crippen molar-refractivity contribution in [2.75, 3.05) is 18.9 Å². The Bertz CT molecular complexity index is 334. The van der Waals surface area contributed by atoms with Gasteiger partial charge in [0.05, 0.1) is 6.61 Å². The lowest BCUT2D eigenvalue weighted by Crippen LogP contribution is -2.36. The van der Waals surface area contributed by atoms with Crippen molar-refractivity contribution < 1.29 is 9.13 Å². The smallest absolute Gasteiger partial charge is 0.138 e. The van der Waals surface area contributed by atoms with Crippen molar-refractivity contribution in [3.05, 3.63) is 29.8 Å². The molecule has 2 nitrogen and oxygen atoms in total. The summed E-state index contributed by atoms with van der Waals surface area (Å²) in [4.78, 5) is 0. The average Bonchev–Trinajstić information content (AvgIpc) is 2.18. The number of nitrogens with two attached hydrogens (primary N) is 1. The van der Waals surface area contributed by atoms with Crippen LogP contribution in [-0.2, 0) is 11.2 Å². The van der Waals surface area contributed by atoms with Crippen LogP contribution in [0.15, 0.2) is 24.3 Å². The molecule has 0 amide bonds. The highest BCUT2D eigenvalue weighted by Gasteiger charge is 2.32. The van der Waals surface area contributed by atoms with Crippen molar-refractivity contribution in [3.8, 4) is 0 Å². The first-order valence-electron chi connectivity index (χ1n) is 5.29. The summed E-state index contributed by atoms with van der Waals surface area (Å²) in [5.41, 5.74) is 6.09. The summed E-state index contributed by atoms with van der Waals surface area (Å²) in [6, 6.07) is 7.41. The molecule has 0 spiro atoms. The second-order valence-corrected chi connectivity index (χ2v) is 4.23. The van der Waals surface area contributed by atoms with Gasteiger partial charge in [0, 0.05) is 18.7 Å². The lowest BCUT2D eigenvalue weighted by molar-refractivity contribution is -0.0308. The van der Waals surface area contributed by atoms with E-state index in [-0.39, 0.29) is 6.61 Å². The summed E-state index contributed by atoms with van der Waals surface area (Å²) >= 11 is 0. The van der Waals surface area contributed by atoms with Gasteiger partial charge in [0.15, 0.2) is 0 Å². The Kier molecular flexibility index (Phi) is 2.91. The van der Waals surface area contributed by atoms with Crippen LogP contribution in [0.25, 0.3) is 0 Å². The van der Waals surface area contributed by atoms with E-state index < -0.39 is 5.67 Å². The summed E-state index contributed by atoms with van der Waals surface area (Å²) in [5, 5.41) is 0. The monoisotopic (exact) mass is 209 g/mol. The van der Waals surface area contributed by atoms with Crippen LogP contribution in [0.3, 0.4) is 0 Å². The van der Waals surface area contributed by atoms with Gasteiger partial charge < -0.3 is 10.5 Å². The highest BCUT2D eigenvalue weighted by atomic mass is 19.1. The summed E-state index contributed by atoms with van der Waals surface area (Å²) in [5.74, 6) is 0. The van der Waals surface area contributed by atoms with E-state index in [2.05, 4.69) is 0 Å². The van der Waals surface area contributed by atoms with Gasteiger partial charge in [0.2, 0.25) is 0 Å². The van der Waals surface area contributed by atoms with Gasteiger partial charge in [-0.05, 0) is 30.5 Å². The number of benzene rings is 1. The first kappa shape index (κ1) is 10.4. The van der Waals surface area contributed by atoms with Crippen molar-refractivity contribution in [1.29, 1.82) is 0 Å². The molecule has 15 heavy (non-hydrogen) atoms. The number of nitrogen functional groups attached to an aromatic ring is 1. The molecular formula is C12H16FNO. The molecule has 1 unspecified atom stereocenters. The molecule has 1 heterocycles. The maximum atomic E-state index is 14.2. The molecule has 82 valence electrons. The molecule has 0 bridgehead atoms. The van der Waals surface area contributed by atoms with E-state index in [1.165, 1.54) is 0 Å². The first-order chi connectivity index (χ1) is 7.18. The van der Waals surface area contributed by atoms with Gasteiger partial charge in [-0.25, -0.2) is 4.39 Å². The Balaban J connectivity index is 2.06. The molecular weight excluding hydrogens is 193 g/mol. The zero-order valence-corrected chi connectivity index (χ0v) is 8.71. The van der Waals surface area contributed by atoms with E-state index >= 15 is 0 Å². The number of hydrogen-bond acceptors (Lipinski definition) is 2. The van der Waals surface area contributed by atoms with Crippen molar-refractivity contribution in [2.45, 2.75) is 24.9 Å². The number of halogens is 1. The lowest BCUT2D eigenvalue weighted by Gasteiger charge is -2.29. The van der Waals surface area contributed by atoms with E-state index in [4.69, 9.17) is 10.5 Å². The van der Waals surface area contributed by atoms with Crippen LogP contribution in [0.5, 0.6) is 0 Å². The Hall–Kier alpha value is -1.09. The fourth-order valence-corrected chi connectivity index (χ4v) is 2.03. The summed E-state index contributed by atoms with van der Waals surface area (Å²) < 4.78 is 19.4. The van der Waals surface area contributed by atoms with Gasteiger partial charge in [0.1, 0.15) is 5.67 Å². The van der Waals surface area contributed by atoms with Crippen LogP contribution in [0.2, 0.25) is 0 Å². The number of ether oxygens (including phenoxy) is 1. The number of anilines is 1. The topological polar surface area (TPSA) is 35.2 Å². The highest BCUT2D eigenvalue weighted by Crippen LogP contribution is 2.28. The van der Waals surface area contributed by atoms with E-state index in [1.54, 1.807) is 0 Å². The van der Waals surface area contributed by atoms with Gasteiger partial charge in [0.25, 0.3) is 0 Å². The van der Waals surface area contributed by atoms with Gasteiger partial charge in [-0.3, -0.25) is 0 Å². The van der Waals surface area contributed by atoms with Crippen molar-refractivity contribution in [1.82, 2.24) is 0 Å². The van der Waals surface area contributed by atoms with Crippen LogP contribution < -0.4 is 5.73 Å². The third-order valence-corrected chi connectivity index (χ3v) is 2.75. The second-order valence-electron chi connectivity index (χ2n) is 4.23. The van der Waals surface area contributed by atoms with Gasteiger partial charge >= 0.3 is 0 Å². The quantitative estimate of drug-likeness (QED) is 0.759. The average molecular weight is 209 g/mol. The summed E-state index contributed by atoms with van der Waals surface area (Å²) in [7, 11) is 0. The molecule has 2 rings (SSSR count). The molecule has 1 aliphatic rings. The maximum Gasteiger partial charge on any atom is 0.138 e. The Morgan fingerprint density at radius 1 is 1.47 bits per heavy atom. The number of rotatable bonds is 2. The van der Waals surface area contributed by atoms with Crippen molar-refractivity contribution in [2.24, 2.45) is 0 Å². The minimum Gasteiger partial charge on any atom is -0.399 e. The standard InChI is InChI=1S/C12H16FNO/c13-12(5-2-6-15-9-12)8-10-3-1-4-11(14)7-10/h1,3-4,7H,2,5-6,8-9,14H2. The largest absolute Gasteiger partial charge is 0.399 e. The van der Waals surface area contributed by atoms with Gasteiger partial charge in [-0.15, -0.1) is 0 Å². The maximum absolute atomic E-state index is 14.2. The molecule has 3 heteroatoms. The molecule has 0 saturated carbocycles. The van der Waals surface area contributed by atoms with Crippen molar-refractivity contribution in [3.63, 3.8) is 0 Å². The molecule has 1 aromatic carbocycles. The highest BCUT2D eigenvalue weighted by molar-refractivity contribution is 5.41. The second kappa shape index (κ2) is 4.19. The number of alkyl halides is 1. The van der Waals surface area contributed by atoms with Crippen LogP contribution in [0.1, 0.15) is 18.4 Å². The SMILES string of the molecule is Nc1cccc(CC2(F)CCCOC2)c1. The van der Waals surface area contributed by atoms with Crippen molar-refractivity contribution >= 4 is 5.69 Å². The molecule has 1 fully saturated rings. The molecule has 1 saturated heterocycles. The summed E-state index contributed by atoms with van der Waals surface area (Å²) in [6.07, 6.45) is 1.79. The van der Waals surface area contributed by atoms with E-state index in [9.17, 15) is 4.39 Å². The first-order valence-corrected chi connectivity index (χ1v) is 5.29. The van der Waals surface area contributed by atoms with Crippen LogP contribution in [0, 0.1) is 0 Å². The predicted octanol–water partition coefficient (Wildman–Crippen LogP) is 2.33. The predicted molar refractivity (Wildman–Crippen MR) is 58.5 cm³/mol. The van der Waals surface area contributed by atoms with Crippen LogP contribution >= 0.6 is 0 Å². The Morgan fingerprint density at radius 3 is 3.00 bits per heavy atom. The molecule has 1 aromatic rings. The molecule has 1 atom stereocenters. The third kappa shape index (κ3) is 2.69. The summed E-state index contributed by atoms with van der Waals surface area (Å²) in [6.45, 7) is 0.893. The molecule has 0 radical (unpaired) electrons. The fourth-order valence-electron chi connectivity index (χ4n) is 2.03. The lowest BCUT2D eigenvalue weighted by atomic mass is 9.91. The normalized spacial score (nSPS) is 26.5.